The summed E-state index contributed by atoms with van der Waals surface area (Å²) in [6, 6.07) is 8.79. The van der Waals surface area contributed by atoms with E-state index in [9.17, 15) is 4.79 Å². The maximum Gasteiger partial charge on any atom is 0.143 e. The van der Waals surface area contributed by atoms with E-state index in [-0.39, 0.29) is 5.92 Å². The Morgan fingerprint density at radius 3 is 3.00 bits per heavy atom. The quantitative estimate of drug-likeness (QED) is 0.691. The molecule has 0 bridgehead atoms. The van der Waals surface area contributed by atoms with Gasteiger partial charge < -0.3 is 5.32 Å². The third-order valence-electron chi connectivity index (χ3n) is 3.64. The van der Waals surface area contributed by atoms with Gasteiger partial charge in [0, 0.05) is 19.0 Å². The summed E-state index contributed by atoms with van der Waals surface area (Å²) in [6.45, 7) is 0.863. The van der Waals surface area contributed by atoms with E-state index in [1.165, 1.54) is 11.1 Å². The summed E-state index contributed by atoms with van der Waals surface area (Å²) < 4.78 is 0. The maximum absolute atomic E-state index is 12.0. The van der Waals surface area contributed by atoms with Crippen molar-refractivity contribution in [3.8, 4) is 0 Å². The first-order valence-electron chi connectivity index (χ1n) is 5.70. The molecule has 1 saturated heterocycles. The molecule has 1 aliphatic heterocycles. The van der Waals surface area contributed by atoms with Crippen LogP contribution in [0, 0.1) is 0 Å². The summed E-state index contributed by atoms with van der Waals surface area (Å²) in [5.41, 5.74) is 2.64. The van der Waals surface area contributed by atoms with Gasteiger partial charge in [0.1, 0.15) is 5.78 Å². The van der Waals surface area contributed by atoms with Crippen molar-refractivity contribution in [1.82, 2.24) is 5.32 Å². The first kappa shape index (κ1) is 9.10. The lowest BCUT2D eigenvalue weighted by atomic mass is 9.74. The van der Waals surface area contributed by atoms with Crippen LogP contribution in [0.5, 0.6) is 0 Å². The van der Waals surface area contributed by atoms with Gasteiger partial charge in [0.15, 0.2) is 0 Å². The molecule has 1 heterocycles. The van der Waals surface area contributed by atoms with Crippen LogP contribution in [0.3, 0.4) is 0 Å². The molecule has 0 spiro atoms. The van der Waals surface area contributed by atoms with Gasteiger partial charge in [0.25, 0.3) is 0 Å². The second-order valence-corrected chi connectivity index (χ2v) is 4.49. The predicted octanol–water partition coefficient (Wildman–Crippen LogP) is 1.65. The highest BCUT2D eigenvalue weighted by atomic mass is 16.1. The molecule has 2 heteroatoms. The number of ketones is 1. The van der Waals surface area contributed by atoms with Crippen molar-refractivity contribution in [1.29, 1.82) is 0 Å². The van der Waals surface area contributed by atoms with Crippen molar-refractivity contribution < 1.29 is 4.79 Å². The normalized spacial score (nSPS) is 29.5. The third kappa shape index (κ3) is 1.40. The number of aryl methyl sites for hydroxylation is 1. The molecule has 1 aromatic rings. The zero-order valence-electron chi connectivity index (χ0n) is 8.70. The number of benzene rings is 1. The van der Waals surface area contributed by atoms with E-state index < -0.39 is 0 Å². The van der Waals surface area contributed by atoms with E-state index in [2.05, 4.69) is 23.5 Å². The first-order valence-corrected chi connectivity index (χ1v) is 5.70. The summed E-state index contributed by atoms with van der Waals surface area (Å²) >= 11 is 0. The number of piperidine rings is 1. The van der Waals surface area contributed by atoms with Gasteiger partial charge in [-0.1, -0.05) is 24.3 Å². The number of carbonyl (C=O) groups is 1. The Kier molecular flexibility index (Phi) is 2.10. The van der Waals surface area contributed by atoms with Crippen LogP contribution in [0.4, 0.5) is 0 Å². The highest BCUT2D eigenvalue weighted by Crippen LogP contribution is 2.34. The number of nitrogens with one attached hydrogen (secondary N) is 1. The molecule has 15 heavy (non-hydrogen) atoms. The van der Waals surface area contributed by atoms with Gasteiger partial charge in [-0.3, -0.25) is 4.79 Å². The second-order valence-electron chi connectivity index (χ2n) is 4.49. The Morgan fingerprint density at radius 2 is 2.07 bits per heavy atom. The van der Waals surface area contributed by atoms with E-state index >= 15 is 0 Å². The van der Waals surface area contributed by atoms with Crippen LogP contribution in [0.1, 0.15) is 29.9 Å². The fraction of sp³-hybridized carbons (Fsp3) is 0.462. The summed E-state index contributed by atoms with van der Waals surface area (Å²) in [6.07, 6.45) is 2.90. The molecular formula is C13H15NO. The van der Waals surface area contributed by atoms with E-state index in [0.29, 0.717) is 18.2 Å². The molecule has 2 nitrogen and oxygen atoms in total. The number of hydrogen-bond donors (Lipinski definition) is 1. The average Bonchev–Trinajstić information content (AvgIpc) is 2.29. The van der Waals surface area contributed by atoms with Gasteiger partial charge in [-0.05, 0) is 24.0 Å². The fourth-order valence-corrected chi connectivity index (χ4v) is 2.91. The lowest BCUT2D eigenvalue weighted by molar-refractivity contribution is -0.122. The molecular weight excluding hydrogens is 186 g/mol. The largest absolute Gasteiger partial charge is 0.312 e. The molecule has 0 radical (unpaired) electrons. The summed E-state index contributed by atoms with van der Waals surface area (Å²) in [7, 11) is 0. The van der Waals surface area contributed by atoms with Crippen LogP contribution in [0.2, 0.25) is 0 Å². The molecule has 78 valence electrons. The summed E-state index contributed by atoms with van der Waals surface area (Å²) in [5, 5.41) is 3.47. The molecule has 0 saturated carbocycles. The van der Waals surface area contributed by atoms with Crippen LogP contribution >= 0.6 is 0 Å². The van der Waals surface area contributed by atoms with E-state index in [4.69, 9.17) is 0 Å². The molecule has 0 aromatic heterocycles. The molecule has 2 unspecified atom stereocenters. The Morgan fingerprint density at radius 1 is 1.20 bits per heavy atom. The Hall–Kier alpha value is -1.15. The SMILES string of the molecule is O=C1CCNC2CCc3ccccc3C12. The second kappa shape index (κ2) is 3.46. The lowest BCUT2D eigenvalue weighted by Crippen LogP contribution is -2.47. The van der Waals surface area contributed by atoms with Crippen molar-refractivity contribution in [3.05, 3.63) is 35.4 Å². The lowest BCUT2D eigenvalue weighted by Gasteiger charge is -2.36. The molecule has 1 N–H and O–H groups in total. The topological polar surface area (TPSA) is 29.1 Å². The monoisotopic (exact) mass is 201 g/mol. The number of carbonyl (C=O) groups excluding carboxylic acids is 1. The standard InChI is InChI=1S/C13H15NO/c15-12-7-8-14-11-6-5-9-3-1-2-4-10(9)13(11)12/h1-4,11,13-14H,5-8H2. The van der Waals surface area contributed by atoms with E-state index in [0.717, 1.165) is 19.4 Å². The highest BCUT2D eigenvalue weighted by molar-refractivity contribution is 5.88. The van der Waals surface area contributed by atoms with Crippen molar-refractivity contribution >= 4 is 5.78 Å². The molecule has 1 fully saturated rings. The molecule has 1 aromatic carbocycles. The van der Waals surface area contributed by atoms with Gasteiger partial charge in [-0.15, -0.1) is 0 Å². The maximum atomic E-state index is 12.0. The molecule has 1 aliphatic carbocycles. The molecule has 3 rings (SSSR count). The van der Waals surface area contributed by atoms with Gasteiger partial charge in [0.05, 0.1) is 5.92 Å². The fourth-order valence-electron chi connectivity index (χ4n) is 2.91. The number of hydrogen-bond acceptors (Lipinski definition) is 2. The van der Waals surface area contributed by atoms with Crippen LogP contribution in [-0.2, 0) is 11.2 Å². The van der Waals surface area contributed by atoms with Crippen LogP contribution in [0.25, 0.3) is 0 Å². The Bertz CT molecular complexity index is 399. The van der Waals surface area contributed by atoms with E-state index in [1.807, 2.05) is 6.07 Å². The smallest absolute Gasteiger partial charge is 0.143 e. The third-order valence-corrected chi connectivity index (χ3v) is 3.64. The zero-order valence-corrected chi connectivity index (χ0v) is 8.70. The van der Waals surface area contributed by atoms with Gasteiger partial charge in [-0.2, -0.15) is 0 Å². The number of rotatable bonds is 0. The van der Waals surface area contributed by atoms with Crippen LogP contribution in [0.15, 0.2) is 24.3 Å². The van der Waals surface area contributed by atoms with Crippen molar-refractivity contribution in [2.45, 2.75) is 31.2 Å². The summed E-state index contributed by atoms with van der Waals surface area (Å²) in [5.74, 6) is 0.551. The van der Waals surface area contributed by atoms with Crippen LogP contribution in [-0.4, -0.2) is 18.4 Å². The van der Waals surface area contributed by atoms with Crippen molar-refractivity contribution in [2.24, 2.45) is 0 Å². The Labute approximate surface area is 89.7 Å². The molecule has 2 aliphatic rings. The van der Waals surface area contributed by atoms with E-state index in [1.54, 1.807) is 0 Å². The van der Waals surface area contributed by atoms with Crippen molar-refractivity contribution in [3.63, 3.8) is 0 Å². The van der Waals surface area contributed by atoms with Crippen LogP contribution < -0.4 is 5.32 Å². The van der Waals surface area contributed by atoms with Gasteiger partial charge >= 0.3 is 0 Å². The average molecular weight is 201 g/mol. The summed E-state index contributed by atoms with van der Waals surface area (Å²) in [4.78, 5) is 12.0. The minimum atomic E-state index is 0.128. The zero-order chi connectivity index (χ0) is 10.3. The Balaban J connectivity index is 2.06. The van der Waals surface area contributed by atoms with Gasteiger partial charge in [-0.25, -0.2) is 0 Å². The first-order chi connectivity index (χ1) is 7.36. The van der Waals surface area contributed by atoms with Gasteiger partial charge in [0.2, 0.25) is 0 Å². The minimum absolute atomic E-state index is 0.128. The number of fused-ring (bicyclic) bond motifs is 3. The van der Waals surface area contributed by atoms with Crippen molar-refractivity contribution in [2.75, 3.05) is 6.54 Å². The predicted molar refractivity (Wildman–Crippen MR) is 58.9 cm³/mol. The minimum Gasteiger partial charge on any atom is -0.312 e. The number of Topliss-reactive ketones (excluding diaryl/α,β-unsaturated/α-hetero) is 1. The highest BCUT2D eigenvalue weighted by Gasteiger charge is 2.36. The molecule has 0 amide bonds. The molecule has 2 atom stereocenters.